The Hall–Kier alpha value is -0.980. The first-order valence-electron chi connectivity index (χ1n) is 12.3. The Morgan fingerprint density at radius 3 is 2.65 bits per heavy atom. The zero-order chi connectivity index (χ0) is 21.6. The van der Waals surface area contributed by atoms with Crippen molar-refractivity contribution in [1.82, 2.24) is 0 Å². The maximum Gasteiger partial charge on any atom is 0.201 e. The lowest BCUT2D eigenvalue weighted by Crippen LogP contribution is -2.70. The molecule has 4 aliphatic heterocycles. The van der Waals surface area contributed by atoms with Crippen molar-refractivity contribution in [3.05, 3.63) is 35.9 Å². The van der Waals surface area contributed by atoms with Crippen LogP contribution >= 0.6 is 0 Å². The Morgan fingerprint density at radius 2 is 1.87 bits per heavy atom. The fourth-order valence-electron chi connectivity index (χ4n) is 6.63. The highest BCUT2D eigenvalue weighted by molar-refractivity contribution is 5.15. The fourth-order valence-corrected chi connectivity index (χ4v) is 6.63. The lowest BCUT2D eigenvalue weighted by atomic mass is 9.58. The van der Waals surface area contributed by atoms with E-state index >= 15 is 0 Å². The molecular formula is C26H38O5. The topological polar surface area (TPSA) is 46.2 Å². The molecule has 4 saturated heterocycles. The average Bonchev–Trinajstić information content (AvgIpc) is 2.99. The second kappa shape index (κ2) is 8.42. The number of ether oxygens (including phenoxy) is 3. The van der Waals surface area contributed by atoms with E-state index in [4.69, 9.17) is 24.0 Å². The molecule has 0 aromatic heterocycles. The zero-order valence-corrected chi connectivity index (χ0v) is 19.4. The van der Waals surface area contributed by atoms with Crippen LogP contribution in [0.1, 0.15) is 71.8 Å². The second-order valence-electron chi connectivity index (χ2n) is 10.5. The van der Waals surface area contributed by atoms with Gasteiger partial charge in [-0.3, -0.25) is 0 Å². The summed E-state index contributed by atoms with van der Waals surface area (Å²) in [4.78, 5) is 12.2. The van der Waals surface area contributed by atoms with Gasteiger partial charge in [0.15, 0.2) is 18.2 Å². The molecule has 5 nitrogen and oxygen atoms in total. The SMILES string of the molecule is CCC[C@@H](Cc1ccccc1)OC1O[C@@H]2O[C@@]3(C)CC[C@H]4[C@H](C)CC[C@@H]([C@H]1C)[C@@]24OO3. The minimum absolute atomic E-state index is 0.128. The van der Waals surface area contributed by atoms with Crippen LogP contribution in [-0.4, -0.2) is 30.1 Å². The molecule has 1 aliphatic carbocycles. The van der Waals surface area contributed by atoms with E-state index in [9.17, 15) is 0 Å². The molecular weight excluding hydrogens is 392 g/mol. The number of benzene rings is 1. The standard InChI is InChI=1S/C26H38O5/c1-5-9-20(16-19-10-7-6-8-11-19)27-23-18(3)22-13-12-17(2)21-14-15-25(4)29-24(28-23)26(21,22)31-30-25/h6-8,10-11,17-18,20-24H,5,9,12-16H2,1-4H3/t17-,18-,20+,21+,22+,23?,24-,25-,26-/m1/s1. The summed E-state index contributed by atoms with van der Waals surface area (Å²) in [5.41, 5.74) is 0.786. The highest BCUT2D eigenvalue weighted by Gasteiger charge is 2.69. The minimum Gasteiger partial charge on any atom is -0.349 e. The maximum absolute atomic E-state index is 6.69. The summed E-state index contributed by atoms with van der Waals surface area (Å²) in [7, 11) is 0. The van der Waals surface area contributed by atoms with Gasteiger partial charge in [0, 0.05) is 18.3 Å². The molecule has 1 saturated carbocycles. The number of hydrogen-bond donors (Lipinski definition) is 0. The summed E-state index contributed by atoms with van der Waals surface area (Å²) in [5.74, 6) is 0.746. The van der Waals surface area contributed by atoms with Gasteiger partial charge in [-0.25, -0.2) is 9.78 Å². The van der Waals surface area contributed by atoms with Crippen molar-refractivity contribution in [2.75, 3.05) is 0 Å². The van der Waals surface area contributed by atoms with Crippen LogP contribution < -0.4 is 0 Å². The molecule has 5 heteroatoms. The van der Waals surface area contributed by atoms with E-state index in [0.717, 1.165) is 38.5 Å². The largest absolute Gasteiger partial charge is 0.349 e. The summed E-state index contributed by atoms with van der Waals surface area (Å²) in [6.45, 7) is 8.81. The minimum atomic E-state index is -0.741. The van der Waals surface area contributed by atoms with E-state index in [-0.39, 0.29) is 18.3 Å². The van der Waals surface area contributed by atoms with Crippen molar-refractivity contribution in [2.45, 2.75) is 103 Å². The third-order valence-electron chi connectivity index (χ3n) is 8.34. The Labute approximate surface area is 186 Å². The van der Waals surface area contributed by atoms with Gasteiger partial charge in [-0.05, 0) is 56.4 Å². The highest BCUT2D eigenvalue weighted by atomic mass is 17.3. The van der Waals surface area contributed by atoms with Crippen LogP contribution in [0.4, 0.5) is 0 Å². The molecule has 1 spiro atoms. The normalized spacial score (nSPS) is 45.0. The summed E-state index contributed by atoms with van der Waals surface area (Å²) < 4.78 is 19.8. The Balaban J connectivity index is 1.40. The summed E-state index contributed by atoms with van der Waals surface area (Å²) >= 11 is 0. The van der Waals surface area contributed by atoms with E-state index < -0.39 is 17.7 Å². The Morgan fingerprint density at radius 1 is 1.06 bits per heavy atom. The summed E-state index contributed by atoms with van der Waals surface area (Å²) in [6.07, 6.45) is 6.60. The van der Waals surface area contributed by atoms with Crippen molar-refractivity contribution in [2.24, 2.45) is 23.7 Å². The van der Waals surface area contributed by atoms with Gasteiger partial charge in [0.25, 0.3) is 0 Å². The van der Waals surface area contributed by atoms with Gasteiger partial charge in [0.1, 0.15) is 0 Å². The first-order valence-corrected chi connectivity index (χ1v) is 12.3. The molecule has 5 aliphatic rings. The van der Waals surface area contributed by atoms with Crippen LogP contribution in [0.3, 0.4) is 0 Å². The first-order chi connectivity index (χ1) is 14.9. The molecule has 2 bridgehead atoms. The summed E-state index contributed by atoms with van der Waals surface area (Å²) in [5, 5.41) is 0. The smallest absolute Gasteiger partial charge is 0.201 e. The molecule has 1 aromatic rings. The molecule has 0 radical (unpaired) electrons. The molecule has 0 amide bonds. The van der Waals surface area contributed by atoms with Gasteiger partial charge < -0.3 is 14.2 Å². The van der Waals surface area contributed by atoms with Crippen LogP contribution in [-0.2, 0) is 30.4 Å². The predicted molar refractivity (Wildman–Crippen MR) is 117 cm³/mol. The monoisotopic (exact) mass is 430 g/mol. The van der Waals surface area contributed by atoms with Crippen LogP contribution in [0, 0.1) is 23.7 Å². The van der Waals surface area contributed by atoms with E-state index in [2.05, 4.69) is 51.1 Å². The molecule has 172 valence electrons. The molecule has 31 heavy (non-hydrogen) atoms. The Kier molecular flexibility index (Phi) is 5.93. The van der Waals surface area contributed by atoms with Crippen molar-refractivity contribution in [3.63, 3.8) is 0 Å². The van der Waals surface area contributed by atoms with Crippen LogP contribution in [0.5, 0.6) is 0 Å². The van der Waals surface area contributed by atoms with Crippen molar-refractivity contribution in [1.29, 1.82) is 0 Å². The highest BCUT2D eigenvalue weighted by Crippen LogP contribution is 2.60. The number of fused-ring (bicyclic) bond motifs is 2. The van der Waals surface area contributed by atoms with Crippen LogP contribution in [0.15, 0.2) is 30.3 Å². The van der Waals surface area contributed by atoms with Gasteiger partial charge in [0.05, 0.1) is 6.10 Å². The third-order valence-corrected chi connectivity index (χ3v) is 8.34. The predicted octanol–water partition coefficient (Wildman–Crippen LogP) is 5.62. The van der Waals surface area contributed by atoms with E-state index in [1.807, 2.05) is 6.92 Å². The molecule has 5 fully saturated rings. The summed E-state index contributed by atoms with van der Waals surface area (Å²) in [6, 6.07) is 10.6. The lowest BCUT2D eigenvalue weighted by Gasteiger charge is -2.60. The van der Waals surface area contributed by atoms with Gasteiger partial charge in [-0.2, -0.15) is 0 Å². The van der Waals surface area contributed by atoms with Crippen molar-refractivity contribution in [3.8, 4) is 0 Å². The lowest BCUT2D eigenvalue weighted by molar-refractivity contribution is -0.578. The second-order valence-corrected chi connectivity index (χ2v) is 10.5. The maximum atomic E-state index is 6.69. The zero-order valence-electron chi connectivity index (χ0n) is 19.4. The van der Waals surface area contributed by atoms with E-state index in [1.54, 1.807) is 0 Å². The number of hydrogen-bond acceptors (Lipinski definition) is 5. The van der Waals surface area contributed by atoms with Gasteiger partial charge in [0.2, 0.25) is 5.79 Å². The molecule has 9 atom stereocenters. The quantitative estimate of drug-likeness (QED) is 0.548. The van der Waals surface area contributed by atoms with Gasteiger partial charge >= 0.3 is 0 Å². The first kappa shape index (κ1) is 21.8. The van der Waals surface area contributed by atoms with Gasteiger partial charge in [-0.1, -0.05) is 57.5 Å². The molecule has 1 aromatic carbocycles. The fraction of sp³-hybridized carbons (Fsp3) is 0.769. The van der Waals surface area contributed by atoms with Gasteiger partial charge in [-0.15, -0.1) is 0 Å². The van der Waals surface area contributed by atoms with Crippen LogP contribution in [0.2, 0.25) is 0 Å². The molecule has 4 heterocycles. The third kappa shape index (κ3) is 3.76. The molecule has 0 N–H and O–H groups in total. The van der Waals surface area contributed by atoms with Crippen molar-refractivity contribution >= 4 is 0 Å². The number of rotatable bonds is 6. The van der Waals surface area contributed by atoms with Crippen molar-refractivity contribution < 1.29 is 24.0 Å². The van der Waals surface area contributed by atoms with E-state index in [1.165, 1.54) is 12.0 Å². The molecule has 1 unspecified atom stereocenters. The Bertz CT molecular complexity index is 755. The van der Waals surface area contributed by atoms with E-state index in [0.29, 0.717) is 17.8 Å². The molecule has 6 rings (SSSR count). The average molecular weight is 431 g/mol. The van der Waals surface area contributed by atoms with Crippen LogP contribution in [0.25, 0.3) is 0 Å².